The smallest absolute Gasteiger partial charge is 0.251 e. The zero-order valence-electron chi connectivity index (χ0n) is 12.6. The maximum atomic E-state index is 12.2. The molecule has 0 atom stereocenters. The fourth-order valence-corrected chi connectivity index (χ4v) is 2.20. The van der Waals surface area contributed by atoms with Crippen LogP contribution in [0.15, 0.2) is 30.6 Å². The minimum atomic E-state index is -0.0802. The monoisotopic (exact) mass is 286 g/mol. The minimum Gasteiger partial charge on any atom is -0.352 e. The van der Waals surface area contributed by atoms with Gasteiger partial charge in [-0.3, -0.25) is 14.8 Å². The third-order valence-corrected chi connectivity index (χ3v) is 3.52. The third kappa shape index (κ3) is 4.23. The first-order valence-corrected chi connectivity index (χ1v) is 7.21. The predicted molar refractivity (Wildman–Crippen MR) is 83.9 cm³/mol. The van der Waals surface area contributed by atoms with Gasteiger partial charge in [-0.05, 0) is 43.0 Å². The van der Waals surface area contributed by atoms with Crippen molar-refractivity contribution in [2.75, 3.05) is 13.1 Å². The highest BCUT2D eigenvalue weighted by Crippen LogP contribution is 2.21. The van der Waals surface area contributed by atoms with Gasteiger partial charge in [0.05, 0.1) is 11.0 Å². The molecule has 0 fully saturated rings. The molecule has 21 heavy (non-hydrogen) atoms. The number of nitrogens with zero attached hydrogens (tertiary/aromatic N) is 2. The number of fused-ring (bicyclic) bond motifs is 1. The normalized spacial score (nSPS) is 11.6. The number of hydrogen-bond donors (Lipinski definition) is 2. The van der Waals surface area contributed by atoms with Crippen LogP contribution < -0.4 is 11.1 Å². The molecule has 2 rings (SSSR count). The summed E-state index contributed by atoms with van der Waals surface area (Å²) in [6.07, 6.45) is 5.23. The Morgan fingerprint density at radius 1 is 1.24 bits per heavy atom. The molecule has 112 valence electrons. The van der Waals surface area contributed by atoms with Crippen molar-refractivity contribution in [2.24, 2.45) is 11.1 Å². The van der Waals surface area contributed by atoms with E-state index in [0.29, 0.717) is 18.7 Å². The zero-order valence-corrected chi connectivity index (χ0v) is 12.6. The molecular formula is C16H22N4O. The molecule has 0 bridgehead atoms. The Morgan fingerprint density at radius 3 is 2.67 bits per heavy atom. The zero-order chi connectivity index (χ0) is 15.3. The van der Waals surface area contributed by atoms with Crippen molar-refractivity contribution >= 4 is 16.9 Å². The molecule has 5 nitrogen and oxygen atoms in total. The maximum absolute atomic E-state index is 12.2. The summed E-state index contributed by atoms with van der Waals surface area (Å²) in [5, 5.41) is 2.98. The molecule has 5 heteroatoms. The van der Waals surface area contributed by atoms with Crippen molar-refractivity contribution in [2.45, 2.75) is 26.7 Å². The van der Waals surface area contributed by atoms with E-state index in [0.717, 1.165) is 23.9 Å². The molecule has 2 aromatic rings. The first-order valence-electron chi connectivity index (χ1n) is 7.21. The van der Waals surface area contributed by atoms with Gasteiger partial charge in [0.1, 0.15) is 0 Å². The van der Waals surface area contributed by atoms with Crippen LogP contribution in [0.3, 0.4) is 0 Å². The Labute approximate surface area is 125 Å². The molecule has 1 aromatic carbocycles. The molecule has 1 amide bonds. The number of rotatable bonds is 6. The SMILES string of the molecule is CC(C)(CCCN)CNC(=O)c1ccc2nccnc2c1. The number of nitrogens with one attached hydrogen (secondary N) is 1. The van der Waals surface area contributed by atoms with Gasteiger partial charge < -0.3 is 11.1 Å². The highest BCUT2D eigenvalue weighted by Gasteiger charge is 2.18. The Hall–Kier alpha value is -2.01. The maximum Gasteiger partial charge on any atom is 0.251 e. The summed E-state index contributed by atoms with van der Waals surface area (Å²) in [6.45, 7) is 5.58. The fraction of sp³-hybridized carbons (Fsp3) is 0.438. The first kappa shape index (κ1) is 15.4. The van der Waals surface area contributed by atoms with Gasteiger partial charge in [-0.1, -0.05) is 13.8 Å². The Balaban J connectivity index is 2.02. The lowest BCUT2D eigenvalue weighted by molar-refractivity contribution is 0.0934. The van der Waals surface area contributed by atoms with E-state index in [1.807, 2.05) is 6.07 Å². The third-order valence-electron chi connectivity index (χ3n) is 3.52. The van der Waals surface area contributed by atoms with Gasteiger partial charge in [0.15, 0.2) is 0 Å². The molecule has 0 spiro atoms. The van der Waals surface area contributed by atoms with Crippen molar-refractivity contribution in [3.63, 3.8) is 0 Å². The Bertz CT molecular complexity index is 624. The van der Waals surface area contributed by atoms with E-state index < -0.39 is 0 Å². The summed E-state index contributed by atoms with van der Waals surface area (Å²) < 4.78 is 0. The van der Waals surface area contributed by atoms with Crippen molar-refractivity contribution in [1.29, 1.82) is 0 Å². The van der Waals surface area contributed by atoms with Crippen LogP contribution in [0.25, 0.3) is 11.0 Å². The Kier molecular flexibility index (Phi) is 4.85. The van der Waals surface area contributed by atoms with Crippen LogP contribution in [0.1, 0.15) is 37.0 Å². The number of carbonyl (C=O) groups is 1. The number of benzene rings is 1. The average molecular weight is 286 g/mol. The topological polar surface area (TPSA) is 80.9 Å². The first-order chi connectivity index (χ1) is 10.0. The van der Waals surface area contributed by atoms with E-state index in [4.69, 9.17) is 5.73 Å². The lowest BCUT2D eigenvalue weighted by Crippen LogP contribution is -2.34. The molecule has 1 aromatic heterocycles. The standard InChI is InChI=1S/C16H22N4O/c1-16(2,6-3-7-17)11-20-15(21)12-4-5-13-14(10-12)19-9-8-18-13/h4-5,8-10H,3,6-7,11,17H2,1-2H3,(H,20,21). The average Bonchev–Trinajstić information content (AvgIpc) is 2.50. The van der Waals surface area contributed by atoms with Crippen LogP contribution in [-0.2, 0) is 0 Å². The van der Waals surface area contributed by atoms with Crippen LogP contribution in [0.2, 0.25) is 0 Å². The molecule has 0 saturated carbocycles. The van der Waals surface area contributed by atoms with Crippen LogP contribution in [0.5, 0.6) is 0 Å². The highest BCUT2D eigenvalue weighted by molar-refractivity contribution is 5.97. The lowest BCUT2D eigenvalue weighted by Gasteiger charge is -2.24. The largest absolute Gasteiger partial charge is 0.352 e. The number of nitrogens with two attached hydrogens (primary N) is 1. The second-order valence-electron chi connectivity index (χ2n) is 6.00. The van der Waals surface area contributed by atoms with Gasteiger partial charge in [0, 0.05) is 24.5 Å². The molecule has 0 aliphatic rings. The molecule has 0 unspecified atom stereocenters. The van der Waals surface area contributed by atoms with Crippen LogP contribution in [-0.4, -0.2) is 29.0 Å². The summed E-state index contributed by atoms with van der Waals surface area (Å²) in [5.74, 6) is -0.0802. The van der Waals surface area contributed by atoms with Gasteiger partial charge in [-0.2, -0.15) is 0 Å². The molecule has 0 radical (unpaired) electrons. The van der Waals surface area contributed by atoms with Crippen LogP contribution in [0, 0.1) is 5.41 Å². The molecule has 3 N–H and O–H groups in total. The number of carbonyl (C=O) groups excluding carboxylic acids is 1. The second kappa shape index (κ2) is 6.63. The van der Waals surface area contributed by atoms with Gasteiger partial charge in [0.25, 0.3) is 5.91 Å². The van der Waals surface area contributed by atoms with Gasteiger partial charge in [-0.25, -0.2) is 0 Å². The molecule has 0 aliphatic carbocycles. The molecule has 0 aliphatic heterocycles. The summed E-state index contributed by atoms with van der Waals surface area (Å²) in [5.41, 5.74) is 7.71. The van der Waals surface area contributed by atoms with E-state index in [1.54, 1.807) is 24.5 Å². The number of hydrogen-bond acceptors (Lipinski definition) is 4. The minimum absolute atomic E-state index is 0.0473. The summed E-state index contributed by atoms with van der Waals surface area (Å²) in [7, 11) is 0. The van der Waals surface area contributed by atoms with Gasteiger partial charge >= 0.3 is 0 Å². The van der Waals surface area contributed by atoms with E-state index >= 15 is 0 Å². The van der Waals surface area contributed by atoms with Gasteiger partial charge in [0.2, 0.25) is 0 Å². The summed E-state index contributed by atoms with van der Waals surface area (Å²) >= 11 is 0. The van der Waals surface area contributed by atoms with Crippen molar-refractivity contribution in [3.05, 3.63) is 36.2 Å². The highest BCUT2D eigenvalue weighted by atomic mass is 16.1. The summed E-state index contributed by atoms with van der Waals surface area (Å²) in [4.78, 5) is 20.6. The molecule has 0 saturated heterocycles. The van der Waals surface area contributed by atoms with Crippen molar-refractivity contribution in [3.8, 4) is 0 Å². The second-order valence-corrected chi connectivity index (χ2v) is 6.00. The van der Waals surface area contributed by atoms with Gasteiger partial charge in [-0.15, -0.1) is 0 Å². The van der Waals surface area contributed by atoms with E-state index in [-0.39, 0.29) is 11.3 Å². The van der Waals surface area contributed by atoms with E-state index in [2.05, 4.69) is 29.1 Å². The molecular weight excluding hydrogens is 264 g/mol. The van der Waals surface area contributed by atoms with E-state index in [1.165, 1.54) is 0 Å². The fourth-order valence-electron chi connectivity index (χ4n) is 2.20. The summed E-state index contributed by atoms with van der Waals surface area (Å²) in [6, 6.07) is 5.36. The molecule has 1 heterocycles. The number of amides is 1. The van der Waals surface area contributed by atoms with Crippen LogP contribution >= 0.6 is 0 Å². The number of aromatic nitrogens is 2. The Morgan fingerprint density at radius 2 is 1.95 bits per heavy atom. The van der Waals surface area contributed by atoms with Crippen molar-refractivity contribution in [1.82, 2.24) is 15.3 Å². The van der Waals surface area contributed by atoms with E-state index in [9.17, 15) is 4.79 Å². The van der Waals surface area contributed by atoms with Crippen molar-refractivity contribution < 1.29 is 4.79 Å². The quantitative estimate of drug-likeness (QED) is 0.852. The predicted octanol–water partition coefficient (Wildman–Crippen LogP) is 2.12. The lowest BCUT2D eigenvalue weighted by atomic mass is 9.87. The van der Waals surface area contributed by atoms with Crippen LogP contribution in [0.4, 0.5) is 0 Å².